The number of hydrogen-bond acceptors (Lipinski definition) is 5. The molecular weight excluding hydrogens is 148 g/mol. The third-order valence-electron chi connectivity index (χ3n) is 1.17. The normalized spacial score (nSPS) is 9.45. The Morgan fingerprint density at radius 3 is 1.91 bits per heavy atom. The highest BCUT2D eigenvalue weighted by atomic mass is 16.3. The zero-order chi connectivity index (χ0) is 8.43. The van der Waals surface area contributed by atoms with Crippen LogP contribution in [0.2, 0.25) is 0 Å². The molecular formula is C6H6N2O3. The Hall–Kier alpha value is -1.78. The zero-order valence-corrected chi connectivity index (χ0v) is 5.44. The lowest BCUT2D eigenvalue weighted by Crippen LogP contribution is -1.70. The predicted molar refractivity (Wildman–Crippen MR) is 36.2 cm³/mol. The van der Waals surface area contributed by atoms with Crippen LogP contribution in [0, 0.1) is 5.53 Å². The quantitative estimate of drug-likeness (QED) is 0.461. The van der Waals surface area contributed by atoms with Crippen LogP contribution >= 0.6 is 0 Å². The summed E-state index contributed by atoms with van der Waals surface area (Å²) in [7, 11) is 0. The Bertz CT molecular complexity index is 275. The Morgan fingerprint density at radius 1 is 1.09 bits per heavy atom. The lowest BCUT2D eigenvalue weighted by molar-refractivity contribution is 0.429. The lowest BCUT2D eigenvalue weighted by Gasteiger charge is -2.00. The van der Waals surface area contributed by atoms with E-state index in [0.717, 1.165) is 12.1 Å². The van der Waals surface area contributed by atoms with Crippen LogP contribution < -0.4 is 0 Å². The molecule has 0 unspecified atom stereocenters. The number of phenolic OH excluding ortho intramolecular Hbond substituents is 3. The van der Waals surface area contributed by atoms with E-state index in [4.69, 9.17) is 20.9 Å². The van der Waals surface area contributed by atoms with Crippen molar-refractivity contribution in [1.29, 1.82) is 5.53 Å². The fourth-order valence-corrected chi connectivity index (χ4v) is 0.704. The first-order valence-electron chi connectivity index (χ1n) is 2.77. The number of aromatic hydroxyl groups is 3. The first kappa shape index (κ1) is 7.33. The maximum Gasteiger partial charge on any atom is 0.168 e. The summed E-state index contributed by atoms with van der Waals surface area (Å²) in [4.78, 5) is 0. The fraction of sp³-hybridized carbons (Fsp3) is 0. The van der Waals surface area contributed by atoms with Gasteiger partial charge in [0.05, 0.1) is 0 Å². The maximum atomic E-state index is 8.94. The first-order valence-corrected chi connectivity index (χ1v) is 2.77. The smallest absolute Gasteiger partial charge is 0.168 e. The molecule has 1 aromatic carbocycles. The molecule has 1 aromatic rings. The number of rotatable bonds is 1. The van der Waals surface area contributed by atoms with Gasteiger partial charge in [-0.2, -0.15) is 5.11 Å². The Labute approximate surface area is 62.1 Å². The molecule has 0 fully saturated rings. The highest BCUT2D eigenvalue weighted by Gasteiger charge is 2.07. The van der Waals surface area contributed by atoms with Crippen LogP contribution in [0.1, 0.15) is 0 Å². The summed E-state index contributed by atoms with van der Waals surface area (Å²) in [6.07, 6.45) is 0. The summed E-state index contributed by atoms with van der Waals surface area (Å²) in [5.74, 6) is -1.11. The van der Waals surface area contributed by atoms with Crippen LogP contribution in [0.3, 0.4) is 0 Å². The molecule has 0 aliphatic heterocycles. The number of benzene rings is 1. The van der Waals surface area contributed by atoms with Gasteiger partial charge in [0.25, 0.3) is 0 Å². The van der Waals surface area contributed by atoms with Gasteiger partial charge >= 0.3 is 0 Å². The minimum absolute atomic E-state index is 0.247. The summed E-state index contributed by atoms with van der Waals surface area (Å²) in [5, 5.41) is 29.5. The van der Waals surface area contributed by atoms with Crippen molar-refractivity contribution >= 4 is 5.69 Å². The molecule has 0 saturated heterocycles. The molecule has 0 atom stereocenters. The van der Waals surface area contributed by atoms with Gasteiger partial charge in [-0.1, -0.05) is 0 Å². The number of nitrogens with one attached hydrogen (secondary N) is 1. The molecule has 0 saturated carbocycles. The van der Waals surface area contributed by atoms with Gasteiger partial charge in [0, 0.05) is 12.1 Å². The molecule has 0 radical (unpaired) electrons. The van der Waals surface area contributed by atoms with E-state index in [1.165, 1.54) is 0 Å². The van der Waals surface area contributed by atoms with E-state index in [1.807, 2.05) is 0 Å². The van der Waals surface area contributed by atoms with Crippen molar-refractivity contribution < 1.29 is 15.3 Å². The van der Waals surface area contributed by atoms with Crippen molar-refractivity contribution in [3.05, 3.63) is 12.1 Å². The van der Waals surface area contributed by atoms with Crippen LogP contribution in [-0.2, 0) is 0 Å². The van der Waals surface area contributed by atoms with E-state index in [-0.39, 0.29) is 11.4 Å². The summed E-state index contributed by atoms with van der Waals surface area (Å²) in [6, 6.07) is 1.99. The summed E-state index contributed by atoms with van der Waals surface area (Å²) in [6.45, 7) is 0. The van der Waals surface area contributed by atoms with Crippen molar-refractivity contribution in [3.8, 4) is 17.2 Å². The molecule has 4 N–H and O–H groups in total. The molecule has 0 aliphatic rings. The first-order chi connectivity index (χ1) is 5.15. The van der Waals surface area contributed by atoms with Crippen molar-refractivity contribution in [1.82, 2.24) is 0 Å². The van der Waals surface area contributed by atoms with Gasteiger partial charge in [0.2, 0.25) is 0 Å². The second kappa shape index (κ2) is 2.45. The second-order valence-electron chi connectivity index (χ2n) is 1.94. The molecule has 11 heavy (non-hydrogen) atoms. The van der Waals surface area contributed by atoms with Crippen molar-refractivity contribution in [2.45, 2.75) is 0 Å². The van der Waals surface area contributed by atoms with Gasteiger partial charge in [0.15, 0.2) is 17.2 Å². The van der Waals surface area contributed by atoms with E-state index in [1.54, 1.807) is 0 Å². The molecule has 0 aromatic heterocycles. The summed E-state index contributed by atoms with van der Waals surface area (Å²) >= 11 is 0. The Morgan fingerprint density at radius 2 is 1.55 bits per heavy atom. The third-order valence-corrected chi connectivity index (χ3v) is 1.17. The fourth-order valence-electron chi connectivity index (χ4n) is 0.704. The van der Waals surface area contributed by atoms with Crippen LogP contribution in [-0.4, -0.2) is 15.3 Å². The standard InChI is InChI=1S/C6H6N2O3/c7-8-6-4(10)1-3(9)2-5(6)11/h1-2,7,9-11H. The highest BCUT2D eigenvalue weighted by molar-refractivity contribution is 5.62. The van der Waals surface area contributed by atoms with Crippen LogP contribution in [0.25, 0.3) is 0 Å². The van der Waals surface area contributed by atoms with E-state index < -0.39 is 11.5 Å². The van der Waals surface area contributed by atoms with Crippen molar-refractivity contribution in [2.75, 3.05) is 0 Å². The van der Waals surface area contributed by atoms with Gasteiger partial charge in [-0.25, -0.2) is 5.53 Å². The van der Waals surface area contributed by atoms with Crippen molar-refractivity contribution in [3.63, 3.8) is 0 Å². The molecule has 0 bridgehead atoms. The number of nitrogens with zero attached hydrogens (tertiary/aromatic N) is 1. The minimum Gasteiger partial charge on any atom is -0.508 e. The van der Waals surface area contributed by atoms with Crippen LogP contribution in [0.5, 0.6) is 17.2 Å². The molecule has 0 spiro atoms. The Balaban J connectivity index is 3.36. The molecule has 0 heterocycles. The Kier molecular flexibility index (Phi) is 1.63. The van der Waals surface area contributed by atoms with Gasteiger partial charge < -0.3 is 15.3 Å². The van der Waals surface area contributed by atoms with E-state index >= 15 is 0 Å². The molecule has 0 amide bonds. The largest absolute Gasteiger partial charge is 0.508 e. The van der Waals surface area contributed by atoms with E-state index in [0.29, 0.717) is 0 Å². The number of hydrogen-bond donors (Lipinski definition) is 4. The maximum absolute atomic E-state index is 8.94. The lowest BCUT2D eigenvalue weighted by atomic mass is 10.2. The number of phenols is 3. The van der Waals surface area contributed by atoms with Crippen LogP contribution in [0.15, 0.2) is 17.2 Å². The topological polar surface area (TPSA) is 96.9 Å². The van der Waals surface area contributed by atoms with Gasteiger partial charge in [-0.15, -0.1) is 0 Å². The zero-order valence-electron chi connectivity index (χ0n) is 5.44. The minimum atomic E-state index is -0.419. The average molecular weight is 154 g/mol. The van der Waals surface area contributed by atoms with Gasteiger partial charge in [0.1, 0.15) is 5.75 Å². The van der Waals surface area contributed by atoms with Crippen LogP contribution in [0.4, 0.5) is 5.69 Å². The average Bonchev–Trinajstić information content (AvgIpc) is 1.85. The SMILES string of the molecule is N=Nc1c(O)cc(O)cc1O. The molecule has 0 aliphatic carbocycles. The molecule has 58 valence electrons. The highest BCUT2D eigenvalue weighted by Crippen LogP contribution is 2.38. The monoisotopic (exact) mass is 154 g/mol. The molecule has 5 heteroatoms. The summed E-state index contributed by atoms with van der Waals surface area (Å²) < 4.78 is 0. The second-order valence-corrected chi connectivity index (χ2v) is 1.94. The van der Waals surface area contributed by atoms with Crippen molar-refractivity contribution in [2.24, 2.45) is 5.11 Å². The van der Waals surface area contributed by atoms with Gasteiger partial charge in [-0.3, -0.25) is 0 Å². The van der Waals surface area contributed by atoms with Gasteiger partial charge in [-0.05, 0) is 0 Å². The molecule has 5 nitrogen and oxygen atoms in total. The third kappa shape index (κ3) is 1.21. The predicted octanol–water partition coefficient (Wildman–Crippen LogP) is 1.47. The summed E-state index contributed by atoms with van der Waals surface area (Å²) in [5.41, 5.74) is 6.27. The van der Waals surface area contributed by atoms with E-state index in [2.05, 4.69) is 5.11 Å². The van der Waals surface area contributed by atoms with E-state index in [9.17, 15) is 0 Å². The molecule has 1 rings (SSSR count).